The Morgan fingerprint density at radius 1 is 1.05 bits per heavy atom. The zero-order valence-corrected chi connectivity index (χ0v) is 11.9. The van der Waals surface area contributed by atoms with E-state index in [1.54, 1.807) is 12.1 Å². The van der Waals surface area contributed by atoms with Crippen molar-refractivity contribution in [3.05, 3.63) is 60.4 Å². The van der Waals surface area contributed by atoms with Gasteiger partial charge in [0.2, 0.25) is 0 Å². The number of fused-ring (bicyclic) bond motifs is 1. The summed E-state index contributed by atoms with van der Waals surface area (Å²) in [6.07, 6.45) is 1.36. The van der Waals surface area contributed by atoms with Gasteiger partial charge < -0.3 is 10.1 Å². The summed E-state index contributed by atoms with van der Waals surface area (Å²) in [6.45, 7) is -0.231. The molecule has 0 unspecified atom stereocenters. The lowest BCUT2D eigenvalue weighted by molar-refractivity contribution is 0.277. The number of H-pyrrole nitrogens is 1. The molecule has 3 rings (SSSR count). The predicted octanol–water partition coefficient (Wildman–Crippen LogP) is 2.46. The van der Waals surface area contributed by atoms with Gasteiger partial charge >= 0.3 is 0 Å². The van der Waals surface area contributed by atoms with Gasteiger partial charge in [0.15, 0.2) is 0 Å². The molecular weight excluding hydrogens is 288 g/mol. The van der Waals surface area contributed by atoms with E-state index in [4.69, 9.17) is 5.11 Å². The molecule has 108 valence electrons. The van der Waals surface area contributed by atoms with Crippen molar-refractivity contribution in [2.45, 2.75) is 11.5 Å². The minimum Gasteiger partial charge on any atom is -0.390 e. The first-order valence-corrected chi connectivity index (χ1v) is 7.86. The van der Waals surface area contributed by atoms with E-state index in [-0.39, 0.29) is 11.5 Å². The largest absolute Gasteiger partial charge is 0.390 e. The number of aliphatic hydroxyl groups is 1. The standard InChI is InChI=1S/C15H14N2O3S/c18-10-14-8-15(9-16-14)21(19,20)17-13-6-5-11-3-1-2-4-12(11)7-13/h1-9,16-18H,10H2. The lowest BCUT2D eigenvalue weighted by Gasteiger charge is -2.07. The van der Waals surface area contributed by atoms with Crippen LogP contribution in [0.3, 0.4) is 0 Å². The average Bonchev–Trinajstić information content (AvgIpc) is 2.96. The van der Waals surface area contributed by atoms with E-state index in [9.17, 15) is 8.42 Å². The predicted molar refractivity (Wildman–Crippen MR) is 81.5 cm³/mol. The maximum atomic E-state index is 12.3. The number of nitrogens with one attached hydrogen (secondary N) is 2. The minimum atomic E-state index is -3.66. The molecule has 5 nitrogen and oxygen atoms in total. The third-order valence-electron chi connectivity index (χ3n) is 3.20. The first kappa shape index (κ1) is 13.7. The SMILES string of the molecule is O=S(=O)(Nc1ccc2ccccc2c1)c1c[nH]c(CO)c1. The molecule has 0 aliphatic heterocycles. The van der Waals surface area contributed by atoms with Gasteiger partial charge in [0.25, 0.3) is 10.0 Å². The zero-order chi connectivity index (χ0) is 14.9. The van der Waals surface area contributed by atoms with Crippen LogP contribution in [0.5, 0.6) is 0 Å². The van der Waals surface area contributed by atoms with E-state index in [0.29, 0.717) is 11.4 Å². The maximum Gasteiger partial charge on any atom is 0.263 e. The van der Waals surface area contributed by atoms with Gasteiger partial charge in [0.05, 0.1) is 6.61 Å². The molecule has 1 heterocycles. The molecule has 0 saturated carbocycles. The highest BCUT2D eigenvalue weighted by atomic mass is 32.2. The van der Waals surface area contributed by atoms with Gasteiger partial charge in [0, 0.05) is 17.6 Å². The summed E-state index contributed by atoms with van der Waals surface area (Å²) in [5, 5.41) is 11.0. The average molecular weight is 302 g/mol. The Morgan fingerprint density at radius 3 is 2.52 bits per heavy atom. The first-order valence-electron chi connectivity index (χ1n) is 6.38. The molecule has 1 aromatic heterocycles. The van der Waals surface area contributed by atoms with Crippen molar-refractivity contribution in [1.29, 1.82) is 0 Å². The van der Waals surface area contributed by atoms with Gasteiger partial charge in [-0.05, 0) is 29.0 Å². The van der Waals surface area contributed by atoms with Crippen LogP contribution in [0.1, 0.15) is 5.69 Å². The van der Waals surface area contributed by atoms with Crippen LogP contribution in [0.25, 0.3) is 10.8 Å². The summed E-state index contributed by atoms with van der Waals surface area (Å²) in [5.74, 6) is 0. The summed E-state index contributed by atoms with van der Waals surface area (Å²) in [4.78, 5) is 2.80. The van der Waals surface area contributed by atoms with Crippen molar-refractivity contribution in [3.63, 3.8) is 0 Å². The van der Waals surface area contributed by atoms with Gasteiger partial charge in [-0.15, -0.1) is 0 Å². The summed E-state index contributed by atoms with van der Waals surface area (Å²) in [6, 6.07) is 14.5. The Labute approximate surface area is 122 Å². The first-order chi connectivity index (χ1) is 10.1. The Balaban J connectivity index is 1.93. The van der Waals surface area contributed by atoms with Gasteiger partial charge in [-0.3, -0.25) is 4.72 Å². The van der Waals surface area contributed by atoms with Crippen molar-refractivity contribution in [2.75, 3.05) is 4.72 Å². The maximum absolute atomic E-state index is 12.3. The highest BCUT2D eigenvalue weighted by molar-refractivity contribution is 7.92. The van der Waals surface area contributed by atoms with Crippen LogP contribution in [0.2, 0.25) is 0 Å². The van der Waals surface area contributed by atoms with Crippen molar-refractivity contribution in [1.82, 2.24) is 4.98 Å². The van der Waals surface area contributed by atoms with Crippen molar-refractivity contribution in [3.8, 4) is 0 Å². The minimum absolute atomic E-state index is 0.0970. The van der Waals surface area contributed by atoms with Crippen LogP contribution in [0.4, 0.5) is 5.69 Å². The molecule has 0 spiro atoms. The Hall–Kier alpha value is -2.31. The lowest BCUT2D eigenvalue weighted by atomic mass is 10.1. The molecule has 0 fully saturated rings. The van der Waals surface area contributed by atoms with Gasteiger partial charge in [-0.2, -0.15) is 0 Å². The summed E-state index contributed by atoms with van der Waals surface area (Å²) in [7, 11) is -3.66. The number of benzene rings is 2. The van der Waals surface area contributed by atoms with Crippen molar-refractivity contribution >= 4 is 26.5 Å². The number of sulfonamides is 1. The highest BCUT2D eigenvalue weighted by Gasteiger charge is 2.16. The number of aliphatic hydroxyl groups excluding tert-OH is 1. The number of hydrogen-bond acceptors (Lipinski definition) is 3. The second-order valence-corrected chi connectivity index (χ2v) is 6.37. The van der Waals surface area contributed by atoms with Crippen LogP contribution < -0.4 is 4.72 Å². The Morgan fingerprint density at radius 2 is 1.81 bits per heavy atom. The molecule has 0 bridgehead atoms. The van der Waals surface area contributed by atoms with E-state index in [1.165, 1.54) is 12.3 Å². The van der Waals surface area contributed by atoms with Crippen molar-refractivity contribution < 1.29 is 13.5 Å². The molecule has 0 atom stereocenters. The molecule has 0 radical (unpaired) electrons. The normalized spacial score (nSPS) is 11.7. The van der Waals surface area contributed by atoms with Crippen molar-refractivity contribution in [2.24, 2.45) is 0 Å². The van der Waals surface area contributed by atoms with Crippen LogP contribution in [-0.4, -0.2) is 18.5 Å². The van der Waals surface area contributed by atoms with Gasteiger partial charge in [-0.1, -0.05) is 30.3 Å². The number of anilines is 1. The monoisotopic (exact) mass is 302 g/mol. The second-order valence-electron chi connectivity index (χ2n) is 4.69. The fourth-order valence-electron chi connectivity index (χ4n) is 2.13. The number of aromatic amines is 1. The molecule has 21 heavy (non-hydrogen) atoms. The quantitative estimate of drug-likeness (QED) is 0.692. The lowest BCUT2D eigenvalue weighted by Crippen LogP contribution is -2.12. The topological polar surface area (TPSA) is 82.2 Å². The van der Waals surface area contributed by atoms with E-state index in [2.05, 4.69) is 9.71 Å². The summed E-state index contributed by atoms with van der Waals surface area (Å²) >= 11 is 0. The third kappa shape index (κ3) is 2.76. The number of aromatic nitrogens is 1. The molecular formula is C15H14N2O3S. The molecule has 3 N–H and O–H groups in total. The van der Waals surface area contributed by atoms with E-state index in [0.717, 1.165) is 10.8 Å². The van der Waals surface area contributed by atoms with Crippen LogP contribution >= 0.6 is 0 Å². The highest BCUT2D eigenvalue weighted by Crippen LogP contribution is 2.22. The van der Waals surface area contributed by atoms with E-state index >= 15 is 0 Å². The molecule has 0 aliphatic rings. The molecule has 0 amide bonds. The van der Waals surface area contributed by atoms with Gasteiger partial charge in [0.1, 0.15) is 4.90 Å². The zero-order valence-electron chi connectivity index (χ0n) is 11.1. The summed E-state index contributed by atoms with van der Waals surface area (Å²) in [5.41, 5.74) is 0.953. The molecule has 0 aliphatic carbocycles. The van der Waals surface area contributed by atoms with Gasteiger partial charge in [-0.25, -0.2) is 8.42 Å². The fraction of sp³-hybridized carbons (Fsp3) is 0.0667. The van der Waals surface area contributed by atoms with E-state index in [1.807, 2.05) is 30.3 Å². The molecule has 3 aromatic rings. The number of rotatable bonds is 4. The molecule has 6 heteroatoms. The fourth-order valence-corrected chi connectivity index (χ4v) is 3.20. The molecule has 0 saturated heterocycles. The summed E-state index contributed by atoms with van der Waals surface area (Å²) < 4.78 is 27.0. The Kier molecular flexibility index (Phi) is 3.40. The van der Waals surface area contributed by atoms with Crippen LogP contribution in [0.15, 0.2) is 59.6 Å². The van der Waals surface area contributed by atoms with Crippen LogP contribution in [0, 0.1) is 0 Å². The smallest absolute Gasteiger partial charge is 0.263 e. The van der Waals surface area contributed by atoms with Crippen LogP contribution in [-0.2, 0) is 16.6 Å². The molecule has 2 aromatic carbocycles. The van der Waals surface area contributed by atoms with E-state index < -0.39 is 10.0 Å². The number of hydrogen-bond donors (Lipinski definition) is 3. The second kappa shape index (κ2) is 5.23. The Bertz CT molecular complexity index is 885. The third-order valence-corrected chi connectivity index (χ3v) is 4.56.